The molecule has 1 saturated heterocycles. The molecule has 0 saturated carbocycles. The summed E-state index contributed by atoms with van der Waals surface area (Å²) in [5.41, 5.74) is 1.23. The highest BCUT2D eigenvalue weighted by atomic mass is 15.2. The van der Waals surface area contributed by atoms with Crippen LogP contribution in [0.3, 0.4) is 0 Å². The van der Waals surface area contributed by atoms with Crippen LogP contribution in [0.5, 0.6) is 0 Å². The van der Waals surface area contributed by atoms with Gasteiger partial charge < -0.3 is 5.32 Å². The van der Waals surface area contributed by atoms with Crippen molar-refractivity contribution in [1.82, 2.24) is 4.90 Å². The molecule has 17 heavy (non-hydrogen) atoms. The van der Waals surface area contributed by atoms with E-state index in [1.54, 1.807) is 0 Å². The summed E-state index contributed by atoms with van der Waals surface area (Å²) < 4.78 is 0. The van der Waals surface area contributed by atoms with Crippen LogP contribution >= 0.6 is 0 Å². The molecule has 94 valence electrons. The Morgan fingerprint density at radius 3 is 2.82 bits per heavy atom. The predicted octanol–water partition coefficient (Wildman–Crippen LogP) is 3.36. The maximum atomic E-state index is 3.49. The monoisotopic (exact) mass is 232 g/mol. The Kier molecular flexibility index (Phi) is 4.87. The van der Waals surface area contributed by atoms with Crippen molar-refractivity contribution >= 4 is 5.69 Å². The van der Waals surface area contributed by atoms with Crippen LogP contribution in [0.25, 0.3) is 0 Å². The van der Waals surface area contributed by atoms with Gasteiger partial charge in [0.15, 0.2) is 0 Å². The van der Waals surface area contributed by atoms with Crippen LogP contribution in [-0.4, -0.2) is 30.6 Å². The van der Waals surface area contributed by atoms with Gasteiger partial charge in [-0.1, -0.05) is 31.5 Å². The van der Waals surface area contributed by atoms with E-state index in [1.807, 2.05) is 0 Å². The van der Waals surface area contributed by atoms with Gasteiger partial charge in [-0.2, -0.15) is 0 Å². The first kappa shape index (κ1) is 12.4. The van der Waals surface area contributed by atoms with E-state index in [9.17, 15) is 0 Å². The van der Waals surface area contributed by atoms with Crippen LogP contribution in [0.1, 0.15) is 32.6 Å². The zero-order valence-electron chi connectivity index (χ0n) is 10.9. The number of anilines is 1. The fraction of sp³-hybridized carbons (Fsp3) is 0.600. The van der Waals surface area contributed by atoms with Crippen molar-refractivity contribution in [3.05, 3.63) is 30.3 Å². The Labute approximate surface area is 105 Å². The highest BCUT2D eigenvalue weighted by molar-refractivity contribution is 5.42. The molecule has 2 rings (SSSR count). The minimum absolute atomic E-state index is 0.821. The molecule has 1 aliphatic rings. The fourth-order valence-corrected chi connectivity index (χ4v) is 2.72. The lowest BCUT2D eigenvalue weighted by Gasteiger charge is -2.35. The number of likely N-dealkylation sites (tertiary alicyclic amines) is 1. The van der Waals surface area contributed by atoms with Gasteiger partial charge in [-0.25, -0.2) is 0 Å². The van der Waals surface area contributed by atoms with Crippen LogP contribution in [-0.2, 0) is 0 Å². The van der Waals surface area contributed by atoms with E-state index in [4.69, 9.17) is 0 Å². The summed E-state index contributed by atoms with van der Waals surface area (Å²) in [7, 11) is 0. The standard InChI is InChI=1S/C15H24N2/c1-2-15-10-6-7-12-17(15)13-11-16-14-8-4-3-5-9-14/h3-5,8-9,15-16H,2,6-7,10-13H2,1H3. The number of rotatable bonds is 5. The molecule has 1 aromatic rings. The molecule has 1 fully saturated rings. The summed E-state index contributed by atoms with van der Waals surface area (Å²) in [6, 6.07) is 11.3. The average Bonchev–Trinajstić information content (AvgIpc) is 2.40. The molecule has 1 N–H and O–H groups in total. The maximum absolute atomic E-state index is 3.49. The van der Waals surface area contributed by atoms with Gasteiger partial charge in [0.2, 0.25) is 0 Å². The summed E-state index contributed by atoms with van der Waals surface area (Å²) in [5.74, 6) is 0. The third-order valence-corrected chi connectivity index (χ3v) is 3.72. The number of nitrogens with zero attached hydrogens (tertiary/aromatic N) is 1. The zero-order valence-corrected chi connectivity index (χ0v) is 10.9. The second kappa shape index (κ2) is 6.65. The van der Waals surface area contributed by atoms with Crippen molar-refractivity contribution < 1.29 is 0 Å². The minimum atomic E-state index is 0.821. The van der Waals surface area contributed by atoms with Gasteiger partial charge in [-0.15, -0.1) is 0 Å². The normalized spacial score (nSPS) is 21.4. The van der Waals surface area contributed by atoms with E-state index in [0.717, 1.165) is 12.6 Å². The minimum Gasteiger partial charge on any atom is -0.384 e. The summed E-state index contributed by atoms with van der Waals surface area (Å²) in [5, 5.41) is 3.49. The largest absolute Gasteiger partial charge is 0.384 e. The number of hydrogen-bond acceptors (Lipinski definition) is 2. The first-order chi connectivity index (χ1) is 8.40. The van der Waals surface area contributed by atoms with Crippen LogP contribution in [0, 0.1) is 0 Å². The van der Waals surface area contributed by atoms with Crippen LogP contribution in [0.2, 0.25) is 0 Å². The number of benzene rings is 1. The van der Waals surface area contributed by atoms with Crippen molar-refractivity contribution in [2.75, 3.05) is 25.0 Å². The smallest absolute Gasteiger partial charge is 0.0340 e. The van der Waals surface area contributed by atoms with Gasteiger partial charge in [0, 0.05) is 24.8 Å². The topological polar surface area (TPSA) is 15.3 Å². The second-order valence-electron chi connectivity index (χ2n) is 4.89. The Bertz CT molecular complexity index is 310. The van der Waals surface area contributed by atoms with Gasteiger partial charge in [-0.3, -0.25) is 4.90 Å². The van der Waals surface area contributed by atoms with E-state index in [-0.39, 0.29) is 0 Å². The molecule has 0 aliphatic carbocycles. The number of hydrogen-bond donors (Lipinski definition) is 1. The van der Waals surface area contributed by atoms with Gasteiger partial charge in [0.1, 0.15) is 0 Å². The molecule has 1 aromatic carbocycles. The zero-order chi connectivity index (χ0) is 11.9. The van der Waals surface area contributed by atoms with Crippen LogP contribution in [0.15, 0.2) is 30.3 Å². The molecular weight excluding hydrogens is 208 g/mol. The first-order valence-electron chi connectivity index (χ1n) is 6.93. The molecule has 2 nitrogen and oxygen atoms in total. The predicted molar refractivity (Wildman–Crippen MR) is 74.4 cm³/mol. The van der Waals surface area contributed by atoms with Crippen molar-refractivity contribution in [3.8, 4) is 0 Å². The quantitative estimate of drug-likeness (QED) is 0.837. The summed E-state index contributed by atoms with van der Waals surface area (Å²) >= 11 is 0. The molecule has 1 unspecified atom stereocenters. The molecule has 0 spiro atoms. The Hall–Kier alpha value is -1.02. The molecular formula is C15H24N2. The summed E-state index contributed by atoms with van der Waals surface area (Å²) in [6.07, 6.45) is 5.48. The van der Waals surface area contributed by atoms with Crippen LogP contribution < -0.4 is 5.32 Å². The highest BCUT2D eigenvalue weighted by Crippen LogP contribution is 2.18. The highest BCUT2D eigenvalue weighted by Gasteiger charge is 2.19. The average molecular weight is 232 g/mol. The molecule has 0 aromatic heterocycles. The van der Waals surface area contributed by atoms with E-state index in [0.29, 0.717) is 0 Å². The number of para-hydroxylation sites is 1. The van der Waals surface area contributed by atoms with Crippen molar-refractivity contribution in [2.24, 2.45) is 0 Å². The van der Waals surface area contributed by atoms with E-state index in [1.165, 1.54) is 44.5 Å². The third kappa shape index (κ3) is 3.74. The summed E-state index contributed by atoms with van der Waals surface area (Å²) in [4.78, 5) is 2.65. The molecule has 2 heteroatoms. The SMILES string of the molecule is CCC1CCCCN1CCNc1ccccc1. The van der Waals surface area contributed by atoms with E-state index >= 15 is 0 Å². The van der Waals surface area contributed by atoms with Crippen LogP contribution in [0.4, 0.5) is 5.69 Å². The number of nitrogens with one attached hydrogen (secondary N) is 1. The van der Waals surface area contributed by atoms with Crippen molar-refractivity contribution in [2.45, 2.75) is 38.6 Å². The molecule has 1 aliphatic heterocycles. The second-order valence-corrected chi connectivity index (χ2v) is 4.89. The van der Waals surface area contributed by atoms with E-state index < -0.39 is 0 Å². The van der Waals surface area contributed by atoms with Gasteiger partial charge in [0.25, 0.3) is 0 Å². The number of piperidine rings is 1. The fourth-order valence-electron chi connectivity index (χ4n) is 2.72. The lowest BCUT2D eigenvalue weighted by atomic mass is 10.0. The first-order valence-corrected chi connectivity index (χ1v) is 6.93. The molecule has 0 bridgehead atoms. The van der Waals surface area contributed by atoms with Crippen molar-refractivity contribution in [1.29, 1.82) is 0 Å². The lowest BCUT2D eigenvalue weighted by molar-refractivity contribution is 0.150. The summed E-state index contributed by atoms with van der Waals surface area (Å²) in [6.45, 7) is 5.83. The van der Waals surface area contributed by atoms with Gasteiger partial charge >= 0.3 is 0 Å². The molecule has 0 amide bonds. The lowest BCUT2D eigenvalue weighted by Crippen LogP contribution is -2.41. The molecule has 0 radical (unpaired) electrons. The molecule has 1 atom stereocenters. The Balaban J connectivity index is 1.74. The van der Waals surface area contributed by atoms with Gasteiger partial charge in [0.05, 0.1) is 0 Å². The third-order valence-electron chi connectivity index (χ3n) is 3.72. The van der Waals surface area contributed by atoms with Gasteiger partial charge in [-0.05, 0) is 37.9 Å². The van der Waals surface area contributed by atoms with Crippen molar-refractivity contribution in [3.63, 3.8) is 0 Å². The Morgan fingerprint density at radius 1 is 1.24 bits per heavy atom. The maximum Gasteiger partial charge on any atom is 0.0340 e. The molecule has 1 heterocycles. The Morgan fingerprint density at radius 2 is 2.06 bits per heavy atom. The van der Waals surface area contributed by atoms with E-state index in [2.05, 4.69) is 47.5 Å².